The van der Waals surface area contributed by atoms with Crippen molar-refractivity contribution in [3.05, 3.63) is 81.2 Å². The van der Waals surface area contributed by atoms with Gasteiger partial charge in [-0.1, -0.05) is 22.8 Å². The fraction of sp³-hybridized carbons (Fsp3) is 0.286. The van der Waals surface area contributed by atoms with Crippen LogP contribution in [0.3, 0.4) is 0 Å². The molecule has 2 aromatic carbocycles. The maximum Gasteiger partial charge on any atom is 0.269 e. The molecule has 0 saturated carbocycles. The van der Waals surface area contributed by atoms with E-state index in [-0.39, 0.29) is 24.4 Å². The second-order valence-electron chi connectivity index (χ2n) is 7.61. The van der Waals surface area contributed by atoms with E-state index in [2.05, 4.69) is 15.4 Å². The first-order valence-corrected chi connectivity index (χ1v) is 11.7. The van der Waals surface area contributed by atoms with Gasteiger partial charge in [-0.3, -0.25) is 19.2 Å². The van der Waals surface area contributed by atoms with E-state index in [0.29, 0.717) is 11.3 Å². The molecular formula is C21H24N6O5S. The maximum absolute atomic E-state index is 11.1. The molecule has 12 heteroatoms. The largest absolute Gasteiger partial charge is 0.315 e. The molecule has 0 aliphatic carbocycles. The molecule has 0 radical (unpaired) electrons. The smallest absolute Gasteiger partial charge is 0.269 e. The van der Waals surface area contributed by atoms with Crippen molar-refractivity contribution in [1.29, 1.82) is 0 Å². The Kier molecular flexibility index (Phi) is 7.19. The second-order valence-corrected chi connectivity index (χ2v) is 9.18. The molecular weight excluding hydrogens is 448 g/mol. The number of hydrogen-bond acceptors (Lipinski definition) is 6. The Labute approximate surface area is 190 Å². The predicted octanol–water partition coefficient (Wildman–Crippen LogP) is 3.99. The van der Waals surface area contributed by atoms with E-state index in [0.717, 1.165) is 22.4 Å². The molecule has 33 heavy (non-hydrogen) atoms. The topological polar surface area (TPSA) is 144 Å². The van der Waals surface area contributed by atoms with Gasteiger partial charge < -0.3 is 4.57 Å². The van der Waals surface area contributed by atoms with Gasteiger partial charge in [0.15, 0.2) is 0 Å². The summed E-state index contributed by atoms with van der Waals surface area (Å²) in [4.78, 5) is 10.3. The Balaban J connectivity index is 2.02. The molecule has 0 spiro atoms. The van der Waals surface area contributed by atoms with Crippen molar-refractivity contribution >= 4 is 21.5 Å². The van der Waals surface area contributed by atoms with Crippen LogP contribution in [0, 0.1) is 30.9 Å². The van der Waals surface area contributed by atoms with Gasteiger partial charge in [0.05, 0.1) is 22.1 Å². The summed E-state index contributed by atoms with van der Waals surface area (Å²) in [6.07, 6.45) is 3.74. The molecule has 3 aromatic rings. The van der Waals surface area contributed by atoms with Crippen LogP contribution in [0.4, 0.5) is 11.4 Å². The number of nitro benzene ring substituents is 1. The minimum absolute atomic E-state index is 0.0539. The zero-order chi connectivity index (χ0) is 24.2. The monoisotopic (exact) mass is 472 g/mol. The number of nitro groups is 1. The molecule has 0 bridgehead atoms. The van der Waals surface area contributed by atoms with Gasteiger partial charge in [0.25, 0.3) is 15.8 Å². The standard InChI is InChI=1S/C21H24N6O5S/c1-15-13-16(2)20(17(3)14-15)26-11-10-25(9-4-12-33(30,31)32)21(26)23-24-22-18-5-7-19(8-6-18)27(28)29/h5-8,10-11,13-14H,4,9,12H2,1-3H3,(H,30,31,32)/b23-21-,24-22?. The minimum Gasteiger partial charge on any atom is -0.315 e. The lowest BCUT2D eigenvalue weighted by Crippen LogP contribution is -2.26. The maximum atomic E-state index is 11.1. The highest BCUT2D eigenvalue weighted by Crippen LogP contribution is 2.20. The van der Waals surface area contributed by atoms with Crippen LogP contribution in [0.2, 0.25) is 0 Å². The first-order valence-electron chi connectivity index (χ1n) is 10.1. The number of non-ortho nitro benzene ring substituents is 1. The number of hydrogen-bond donors (Lipinski definition) is 1. The average molecular weight is 473 g/mol. The zero-order valence-electron chi connectivity index (χ0n) is 18.4. The lowest BCUT2D eigenvalue weighted by atomic mass is 10.1. The third-order valence-electron chi connectivity index (χ3n) is 4.90. The van der Waals surface area contributed by atoms with E-state index in [1.807, 2.05) is 37.5 Å². The van der Waals surface area contributed by atoms with E-state index in [9.17, 15) is 18.5 Å². The van der Waals surface area contributed by atoms with Crippen LogP contribution in [0.5, 0.6) is 0 Å². The van der Waals surface area contributed by atoms with Crippen molar-refractivity contribution in [1.82, 2.24) is 9.13 Å². The van der Waals surface area contributed by atoms with Gasteiger partial charge in [-0.05, 0) is 55.7 Å². The van der Waals surface area contributed by atoms with Crippen molar-refractivity contribution in [3.8, 4) is 5.69 Å². The Morgan fingerprint density at radius 2 is 1.70 bits per heavy atom. The third-order valence-corrected chi connectivity index (χ3v) is 5.71. The van der Waals surface area contributed by atoms with Crippen LogP contribution < -0.4 is 5.62 Å². The number of aromatic nitrogens is 2. The summed E-state index contributed by atoms with van der Waals surface area (Å²) in [7, 11) is -4.07. The Morgan fingerprint density at radius 1 is 1.06 bits per heavy atom. The molecule has 0 amide bonds. The first-order chi connectivity index (χ1) is 15.5. The van der Waals surface area contributed by atoms with Crippen molar-refractivity contribution in [2.45, 2.75) is 33.7 Å². The molecule has 1 heterocycles. The summed E-state index contributed by atoms with van der Waals surface area (Å²) in [5, 5.41) is 23.0. The normalized spacial score (nSPS) is 12.5. The minimum atomic E-state index is -4.07. The van der Waals surface area contributed by atoms with E-state index in [4.69, 9.17) is 4.55 Å². The van der Waals surface area contributed by atoms with Gasteiger partial charge in [0, 0.05) is 31.1 Å². The molecule has 0 aliphatic heterocycles. The number of imidazole rings is 1. The van der Waals surface area contributed by atoms with Crippen molar-refractivity contribution in [2.24, 2.45) is 15.4 Å². The van der Waals surface area contributed by atoms with Crippen LogP contribution in [0.15, 0.2) is 64.2 Å². The SMILES string of the molecule is Cc1cc(C)c(-n2ccn(CCCS(=O)(=O)O)/c2=N/N=Nc2ccc([N+](=O)[O-])cc2)c(C)c1. The van der Waals surface area contributed by atoms with Gasteiger partial charge in [0.1, 0.15) is 0 Å². The summed E-state index contributed by atoms with van der Waals surface area (Å²) < 4.78 is 34.8. The highest BCUT2D eigenvalue weighted by molar-refractivity contribution is 7.85. The van der Waals surface area contributed by atoms with Gasteiger partial charge in [-0.15, -0.1) is 5.11 Å². The van der Waals surface area contributed by atoms with Crippen LogP contribution >= 0.6 is 0 Å². The lowest BCUT2D eigenvalue weighted by Gasteiger charge is -2.12. The van der Waals surface area contributed by atoms with E-state index >= 15 is 0 Å². The highest BCUT2D eigenvalue weighted by atomic mass is 32.2. The quantitative estimate of drug-likeness (QED) is 0.228. The Morgan fingerprint density at radius 3 is 2.27 bits per heavy atom. The van der Waals surface area contributed by atoms with Gasteiger partial charge in [0.2, 0.25) is 5.62 Å². The number of benzene rings is 2. The molecule has 11 nitrogen and oxygen atoms in total. The highest BCUT2D eigenvalue weighted by Gasteiger charge is 2.12. The molecule has 3 rings (SSSR count). The fourth-order valence-corrected chi connectivity index (χ4v) is 4.09. The molecule has 1 aromatic heterocycles. The summed E-state index contributed by atoms with van der Waals surface area (Å²) in [5.74, 6) is -0.377. The Hall–Kier alpha value is -3.64. The van der Waals surface area contributed by atoms with Gasteiger partial charge in [-0.25, -0.2) is 0 Å². The first kappa shape index (κ1) is 24.0. The van der Waals surface area contributed by atoms with Crippen molar-refractivity contribution < 1.29 is 17.9 Å². The zero-order valence-corrected chi connectivity index (χ0v) is 19.2. The van der Waals surface area contributed by atoms with E-state index in [1.165, 1.54) is 24.3 Å². The third kappa shape index (κ3) is 6.20. The van der Waals surface area contributed by atoms with Gasteiger partial charge in [-0.2, -0.15) is 8.42 Å². The Bertz CT molecular complexity index is 1350. The van der Waals surface area contributed by atoms with Crippen molar-refractivity contribution in [2.75, 3.05) is 5.75 Å². The summed E-state index contributed by atoms with van der Waals surface area (Å²) >= 11 is 0. The number of nitrogens with zero attached hydrogens (tertiary/aromatic N) is 6. The number of aryl methyl sites for hydroxylation is 4. The number of rotatable bonds is 8. The molecule has 0 atom stereocenters. The van der Waals surface area contributed by atoms with Crippen molar-refractivity contribution in [3.63, 3.8) is 0 Å². The van der Waals surface area contributed by atoms with Crippen LogP contribution in [-0.4, -0.2) is 32.8 Å². The summed E-state index contributed by atoms with van der Waals surface area (Å²) in [6, 6.07) is 9.67. The average Bonchev–Trinajstić information content (AvgIpc) is 3.09. The fourth-order valence-electron chi connectivity index (χ4n) is 3.60. The molecule has 0 unspecified atom stereocenters. The second kappa shape index (κ2) is 9.88. The predicted molar refractivity (Wildman–Crippen MR) is 122 cm³/mol. The molecule has 0 aliphatic rings. The van der Waals surface area contributed by atoms with Crippen LogP contribution in [0.25, 0.3) is 5.69 Å². The molecule has 0 saturated heterocycles. The van der Waals surface area contributed by atoms with Crippen LogP contribution in [0.1, 0.15) is 23.1 Å². The summed E-state index contributed by atoms with van der Waals surface area (Å²) in [5.41, 5.74) is 4.83. The molecule has 174 valence electrons. The van der Waals surface area contributed by atoms with Crippen LogP contribution in [-0.2, 0) is 16.7 Å². The van der Waals surface area contributed by atoms with Gasteiger partial charge >= 0.3 is 0 Å². The summed E-state index contributed by atoms with van der Waals surface area (Å²) in [6.45, 7) is 6.27. The lowest BCUT2D eigenvalue weighted by molar-refractivity contribution is -0.384. The van der Waals surface area contributed by atoms with E-state index in [1.54, 1.807) is 17.0 Å². The van der Waals surface area contributed by atoms with E-state index < -0.39 is 15.0 Å². The molecule has 0 fully saturated rings. The molecule has 1 N–H and O–H groups in total.